The molecule has 37 heavy (non-hydrogen) atoms. The highest BCUT2D eigenvalue weighted by Crippen LogP contribution is 2.21. The number of hydrogen-bond donors (Lipinski definition) is 0. The number of allylic oxidation sites excluding steroid dienone is 4. The summed E-state index contributed by atoms with van der Waals surface area (Å²) in [7, 11) is 4.49. The highest BCUT2D eigenvalue weighted by molar-refractivity contribution is 5.48. The Morgan fingerprint density at radius 1 is 0.811 bits per heavy atom. The number of benzene rings is 2. The minimum atomic E-state index is -1.16. The molecule has 0 radical (unpaired) electrons. The molecule has 2 rings (SSSR count). The SMILES string of the molecule is C=C/C(=C\C=C(/C)OC)N([O-])OCC(CON([O-])c1ccc(OC)cc1)ON([O-])c1ccc(OC)cc1. The predicted molar refractivity (Wildman–Crippen MR) is 139 cm³/mol. The van der Waals surface area contributed by atoms with Crippen molar-refractivity contribution in [1.29, 1.82) is 0 Å². The van der Waals surface area contributed by atoms with Gasteiger partial charge in [0.2, 0.25) is 0 Å². The fourth-order valence-electron chi connectivity index (χ4n) is 2.64. The lowest BCUT2D eigenvalue weighted by Crippen LogP contribution is -2.36. The normalized spacial score (nSPS) is 12.5. The molecule has 0 N–H and O–H groups in total. The first kappa shape index (κ1) is 29.5. The van der Waals surface area contributed by atoms with Gasteiger partial charge in [0.15, 0.2) is 0 Å². The molecule has 12 nitrogen and oxygen atoms in total. The zero-order valence-corrected chi connectivity index (χ0v) is 21.1. The van der Waals surface area contributed by atoms with Crippen LogP contribution in [0.25, 0.3) is 0 Å². The fraction of sp³-hybridized carbons (Fsp3) is 0.280. The molecule has 0 aliphatic carbocycles. The smallest absolute Gasteiger partial charge is 0.136 e. The van der Waals surface area contributed by atoms with Crippen molar-refractivity contribution in [2.24, 2.45) is 0 Å². The van der Waals surface area contributed by atoms with Crippen LogP contribution in [0.2, 0.25) is 0 Å². The number of hydrogen-bond acceptors (Lipinski definition) is 12. The van der Waals surface area contributed by atoms with Crippen LogP contribution in [0.5, 0.6) is 11.5 Å². The zero-order chi connectivity index (χ0) is 27.2. The van der Waals surface area contributed by atoms with E-state index >= 15 is 0 Å². The van der Waals surface area contributed by atoms with Crippen LogP contribution in [0.15, 0.2) is 84.8 Å². The van der Waals surface area contributed by atoms with Crippen LogP contribution >= 0.6 is 0 Å². The third kappa shape index (κ3) is 9.65. The maximum Gasteiger partial charge on any atom is 0.136 e. The largest absolute Gasteiger partial charge is 0.733 e. The molecular formula is C25H30N3O9-3. The van der Waals surface area contributed by atoms with E-state index in [0.717, 1.165) is 0 Å². The van der Waals surface area contributed by atoms with Crippen molar-refractivity contribution >= 4 is 11.4 Å². The Morgan fingerprint density at radius 2 is 1.32 bits per heavy atom. The Hall–Kier alpha value is -3.78. The number of rotatable bonds is 16. The molecule has 2 aromatic carbocycles. The number of methoxy groups -OCH3 is 3. The molecule has 202 valence electrons. The van der Waals surface area contributed by atoms with Gasteiger partial charge in [-0.2, -0.15) is 0 Å². The minimum absolute atomic E-state index is 0.0638. The standard InChI is InChI=1S/C25H30N3O9/c1-6-20(8-7-19(2)32-3)26(29)35-17-25(37-28(31)22-11-15-24(34-5)16-12-22)18-36-27(30)21-9-13-23(33-4)14-10-21/h6-16,25H,1,17-18H2,2-5H3/q-3/b19-7+,20-8+. The molecule has 0 saturated heterocycles. The average molecular weight is 517 g/mol. The van der Waals surface area contributed by atoms with Gasteiger partial charge in [0.25, 0.3) is 0 Å². The van der Waals surface area contributed by atoms with Crippen molar-refractivity contribution in [3.63, 3.8) is 0 Å². The maximum absolute atomic E-state index is 12.6. The molecule has 0 aromatic heterocycles. The van der Waals surface area contributed by atoms with Crippen LogP contribution < -0.4 is 19.9 Å². The molecule has 0 amide bonds. The second-order valence-electron chi connectivity index (χ2n) is 7.26. The Labute approximate surface area is 215 Å². The van der Waals surface area contributed by atoms with Gasteiger partial charge >= 0.3 is 0 Å². The summed E-state index contributed by atoms with van der Waals surface area (Å²) in [5.41, 5.74) is 0.386. The maximum atomic E-state index is 12.6. The van der Waals surface area contributed by atoms with Crippen LogP contribution in [0, 0.1) is 15.6 Å². The summed E-state index contributed by atoms with van der Waals surface area (Å²) < 4.78 is 15.2. The van der Waals surface area contributed by atoms with Gasteiger partial charge in [-0.1, -0.05) is 6.58 Å². The van der Waals surface area contributed by atoms with E-state index in [1.165, 1.54) is 57.7 Å². The quantitative estimate of drug-likeness (QED) is 0.175. The van der Waals surface area contributed by atoms with Crippen LogP contribution in [-0.4, -0.2) is 45.9 Å². The molecule has 0 heterocycles. The Bertz CT molecular complexity index is 1010. The van der Waals surface area contributed by atoms with Crippen LogP contribution in [0.1, 0.15) is 6.92 Å². The van der Waals surface area contributed by atoms with Crippen molar-refractivity contribution < 1.29 is 28.7 Å². The highest BCUT2D eigenvalue weighted by atomic mass is 16.9. The first-order chi connectivity index (χ1) is 17.8. The molecule has 0 aliphatic heterocycles. The van der Waals surface area contributed by atoms with Gasteiger partial charge in [-0.05, 0) is 73.7 Å². The summed E-state index contributed by atoms with van der Waals surface area (Å²) in [6.07, 6.45) is 3.10. The van der Waals surface area contributed by atoms with Gasteiger partial charge in [-0.15, -0.1) is 0 Å². The highest BCUT2D eigenvalue weighted by Gasteiger charge is 2.15. The van der Waals surface area contributed by atoms with Gasteiger partial charge in [-0.3, -0.25) is 14.5 Å². The average Bonchev–Trinajstić information content (AvgIpc) is 2.94. The Kier molecular flexibility index (Phi) is 12.2. The molecule has 0 saturated carbocycles. The second-order valence-corrected chi connectivity index (χ2v) is 7.26. The van der Waals surface area contributed by atoms with Crippen molar-refractivity contribution in [2.75, 3.05) is 45.0 Å². The lowest BCUT2D eigenvalue weighted by molar-refractivity contribution is -0.145. The van der Waals surface area contributed by atoms with Gasteiger partial charge in [-0.25, -0.2) is 0 Å². The molecule has 12 heteroatoms. The molecule has 0 aliphatic rings. The number of nitrogens with zero attached hydrogens (tertiary/aromatic N) is 3. The molecule has 1 atom stereocenters. The van der Waals surface area contributed by atoms with E-state index in [4.69, 9.17) is 28.7 Å². The lowest BCUT2D eigenvalue weighted by Gasteiger charge is -2.37. The first-order valence-electron chi connectivity index (χ1n) is 11.0. The van der Waals surface area contributed by atoms with Crippen LogP contribution in [0.4, 0.5) is 11.4 Å². The topological polar surface area (TPSA) is 134 Å². The van der Waals surface area contributed by atoms with E-state index in [-0.39, 0.29) is 32.8 Å². The molecule has 0 fully saturated rings. The van der Waals surface area contributed by atoms with E-state index < -0.39 is 19.3 Å². The van der Waals surface area contributed by atoms with Crippen LogP contribution in [0.3, 0.4) is 0 Å². The molecule has 0 bridgehead atoms. The van der Waals surface area contributed by atoms with Crippen molar-refractivity contribution in [3.05, 3.63) is 100 Å². The second kappa shape index (κ2) is 15.4. The van der Waals surface area contributed by atoms with Gasteiger partial charge in [0, 0.05) is 0 Å². The zero-order valence-electron chi connectivity index (χ0n) is 21.1. The lowest BCUT2D eigenvalue weighted by atomic mass is 10.3. The summed E-state index contributed by atoms with van der Waals surface area (Å²) in [4.78, 5) is 15.8. The van der Waals surface area contributed by atoms with E-state index in [1.54, 1.807) is 37.3 Å². The van der Waals surface area contributed by atoms with Gasteiger partial charge in [0.05, 0.1) is 44.2 Å². The summed E-state index contributed by atoms with van der Waals surface area (Å²) in [6, 6.07) is 12.3. The third-order valence-electron chi connectivity index (χ3n) is 4.80. The fourth-order valence-corrected chi connectivity index (χ4v) is 2.64. The van der Waals surface area contributed by atoms with Crippen LogP contribution in [-0.2, 0) is 19.2 Å². The number of anilines is 2. The van der Waals surface area contributed by atoms with E-state index in [0.29, 0.717) is 17.3 Å². The number of hydroxylamine groups is 2. The Morgan fingerprint density at radius 3 is 1.81 bits per heavy atom. The molecule has 2 aromatic rings. The van der Waals surface area contributed by atoms with Crippen molar-refractivity contribution in [1.82, 2.24) is 5.23 Å². The monoisotopic (exact) mass is 516 g/mol. The summed E-state index contributed by atoms with van der Waals surface area (Å²) in [5, 5.41) is 38.1. The van der Waals surface area contributed by atoms with Gasteiger partial charge < -0.3 is 45.5 Å². The van der Waals surface area contributed by atoms with E-state index in [9.17, 15) is 15.6 Å². The predicted octanol–water partition coefficient (Wildman–Crippen LogP) is 4.60. The van der Waals surface area contributed by atoms with E-state index in [1.807, 2.05) is 0 Å². The molecule has 1 unspecified atom stereocenters. The summed E-state index contributed by atoms with van der Waals surface area (Å²) in [5.74, 6) is 1.66. The molecule has 0 spiro atoms. The minimum Gasteiger partial charge on any atom is -0.733 e. The van der Waals surface area contributed by atoms with Crippen molar-refractivity contribution in [3.8, 4) is 11.5 Å². The Balaban J connectivity index is 2.10. The van der Waals surface area contributed by atoms with Gasteiger partial charge in [0.1, 0.15) is 30.8 Å². The van der Waals surface area contributed by atoms with Crippen molar-refractivity contribution in [2.45, 2.75) is 13.0 Å². The molecular weight excluding hydrogens is 486 g/mol. The summed E-state index contributed by atoms with van der Waals surface area (Å²) >= 11 is 0. The first-order valence-corrected chi connectivity index (χ1v) is 11.0. The summed E-state index contributed by atoms with van der Waals surface area (Å²) in [6.45, 7) is 4.42. The van der Waals surface area contributed by atoms with E-state index in [2.05, 4.69) is 6.58 Å². The third-order valence-corrected chi connectivity index (χ3v) is 4.80. The number of ether oxygens (including phenoxy) is 3.